The fourth-order valence-electron chi connectivity index (χ4n) is 3.15. The van der Waals surface area contributed by atoms with Crippen LogP contribution in [0.4, 0.5) is 0 Å². The minimum atomic E-state index is 0.0394. The van der Waals surface area contributed by atoms with E-state index in [0.29, 0.717) is 6.54 Å². The van der Waals surface area contributed by atoms with E-state index in [1.165, 1.54) is 0 Å². The van der Waals surface area contributed by atoms with Crippen LogP contribution in [0.5, 0.6) is 0 Å². The SMILES string of the molecule is CC(=O)NC1CCC(NC(=O)CN2CCN(C)CC2)CC1. The highest BCUT2D eigenvalue weighted by atomic mass is 16.2. The van der Waals surface area contributed by atoms with Gasteiger partial charge in [-0.1, -0.05) is 0 Å². The van der Waals surface area contributed by atoms with Crippen molar-refractivity contribution < 1.29 is 9.59 Å². The topological polar surface area (TPSA) is 64.7 Å². The maximum absolute atomic E-state index is 12.1. The van der Waals surface area contributed by atoms with Crippen LogP contribution in [-0.2, 0) is 9.59 Å². The summed E-state index contributed by atoms with van der Waals surface area (Å²) in [6, 6.07) is 0.559. The molecule has 0 atom stereocenters. The molecular weight excluding hydrogens is 268 g/mol. The van der Waals surface area contributed by atoms with Crippen LogP contribution in [0.15, 0.2) is 0 Å². The third-order valence-corrected chi connectivity index (χ3v) is 4.46. The number of amides is 2. The Morgan fingerprint density at radius 1 is 0.952 bits per heavy atom. The molecular formula is C15H28N4O2. The van der Waals surface area contributed by atoms with Gasteiger partial charge in [-0.15, -0.1) is 0 Å². The molecule has 6 heteroatoms. The van der Waals surface area contributed by atoms with Crippen molar-refractivity contribution in [2.24, 2.45) is 0 Å². The summed E-state index contributed by atoms with van der Waals surface area (Å²) in [7, 11) is 2.12. The van der Waals surface area contributed by atoms with Gasteiger partial charge in [0.25, 0.3) is 0 Å². The molecule has 2 amide bonds. The summed E-state index contributed by atoms with van der Waals surface area (Å²) in [5.74, 6) is 0.181. The molecule has 1 aliphatic carbocycles. The third kappa shape index (κ3) is 5.63. The highest BCUT2D eigenvalue weighted by molar-refractivity contribution is 5.78. The van der Waals surface area contributed by atoms with Crippen molar-refractivity contribution in [3.05, 3.63) is 0 Å². The van der Waals surface area contributed by atoms with E-state index in [-0.39, 0.29) is 23.9 Å². The molecule has 2 fully saturated rings. The Kier molecular flexibility index (Phi) is 5.99. The van der Waals surface area contributed by atoms with E-state index in [2.05, 4.69) is 27.5 Å². The minimum Gasteiger partial charge on any atom is -0.354 e. The number of nitrogens with zero attached hydrogens (tertiary/aromatic N) is 2. The Morgan fingerprint density at radius 3 is 2.00 bits per heavy atom. The van der Waals surface area contributed by atoms with Gasteiger partial charge in [-0.05, 0) is 32.7 Å². The zero-order valence-corrected chi connectivity index (χ0v) is 13.2. The standard InChI is InChI=1S/C15H28N4O2/c1-12(20)16-13-3-5-14(6-4-13)17-15(21)11-19-9-7-18(2)8-10-19/h13-14H,3-11H2,1-2H3,(H,16,20)(H,17,21). The summed E-state index contributed by atoms with van der Waals surface area (Å²) < 4.78 is 0. The molecule has 0 aromatic heterocycles. The molecule has 2 aliphatic rings. The summed E-state index contributed by atoms with van der Waals surface area (Å²) in [6.07, 6.45) is 3.83. The fourth-order valence-corrected chi connectivity index (χ4v) is 3.15. The lowest BCUT2D eigenvalue weighted by Gasteiger charge is -2.33. The van der Waals surface area contributed by atoms with Gasteiger partial charge in [-0.25, -0.2) is 0 Å². The molecule has 0 radical (unpaired) electrons. The number of hydrogen-bond acceptors (Lipinski definition) is 4. The molecule has 1 saturated carbocycles. The van der Waals surface area contributed by atoms with Crippen molar-refractivity contribution in [3.63, 3.8) is 0 Å². The molecule has 21 heavy (non-hydrogen) atoms. The van der Waals surface area contributed by atoms with Crippen molar-refractivity contribution in [2.45, 2.75) is 44.7 Å². The summed E-state index contributed by atoms with van der Waals surface area (Å²) in [4.78, 5) is 27.6. The van der Waals surface area contributed by atoms with Crippen LogP contribution in [0.2, 0.25) is 0 Å². The van der Waals surface area contributed by atoms with Crippen molar-refractivity contribution in [2.75, 3.05) is 39.8 Å². The van der Waals surface area contributed by atoms with E-state index in [1.54, 1.807) is 6.92 Å². The van der Waals surface area contributed by atoms with Gasteiger partial charge in [0.1, 0.15) is 0 Å². The van der Waals surface area contributed by atoms with Crippen molar-refractivity contribution >= 4 is 11.8 Å². The van der Waals surface area contributed by atoms with Crippen molar-refractivity contribution in [3.8, 4) is 0 Å². The van der Waals surface area contributed by atoms with Gasteiger partial charge in [0.2, 0.25) is 11.8 Å². The van der Waals surface area contributed by atoms with Crippen molar-refractivity contribution in [1.82, 2.24) is 20.4 Å². The van der Waals surface area contributed by atoms with Gasteiger partial charge in [0.05, 0.1) is 6.54 Å². The molecule has 120 valence electrons. The Balaban J connectivity index is 1.64. The van der Waals surface area contributed by atoms with E-state index < -0.39 is 0 Å². The average molecular weight is 296 g/mol. The molecule has 2 rings (SSSR count). The van der Waals surface area contributed by atoms with E-state index in [9.17, 15) is 9.59 Å². The summed E-state index contributed by atoms with van der Waals surface area (Å²) in [6.45, 7) is 6.09. The molecule has 2 N–H and O–H groups in total. The summed E-state index contributed by atoms with van der Waals surface area (Å²) in [5, 5.41) is 6.11. The largest absolute Gasteiger partial charge is 0.354 e. The van der Waals surface area contributed by atoms with Gasteiger partial charge in [0, 0.05) is 45.2 Å². The van der Waals surface area contributed by atoms with Crippen LogP contribution in [0, 0.1) is 0 Å². The lowest BCUT2D eigenvalue weighted by molar-refractivity contribution is -0.124. The highest BCUT2D eigenvalue weighted by Crippen LogP contribution is 2.18. The number of nitrogens with one attached hydrogen (secondary N) is 2. The Labute approximate surface area is 127 Å². The zero-order valence-electron chi connectivity index (χ0n) is 13.2. The number of carbonyl (C=O) groups is 2. The molecule has 0 spiro atoms. The lowest BCUT2D eigenvalue weighted by atomic mass is 9.91. The summed E-state index contributed by atoms with van der Waals surface area (Å²) in [5.41, 5.74) is 0. The number of carbonyl (C=O) groups excluding carboxylic acids is 2. The molecule has 1 aliphatic heterocycles. The van der Waals surface area contributed by atoms with Crippen LogP contribution in [0.25, 0.3) is 0 Å². The average Bonchev–Trinajstić information content (AvgIpc) is 2.43. The lowest BCUT2D eigenvalue weighted by Crippen LogP contribution is -2.50. The zero-order chi connectivity index (χ0) is 15.2. The van der Waals surface area contributed by atoms with Gasteiger partial charge in [-0.3, -0.25) is 14.5 Å². The van der Waals surface area contributed by atoms with Crippen LogP contribution in [0.3, 0.4) is 0 Å². The van der Waals surface area contributed by atoms with Gasteiger partial charge >= 0.3 is 0 Å². The first-order valence-corrected chi connectivity index (χ1v) is 8.00. The Bertz CT molecular complexity index is 359. The number of hydrogen-bond donors (Lipinski definition) is 2. The molecule has 0 aromatic rings. The molecule has 1 heterocycles. The second kappa shape index (κ2) is 7.75. The normalized spacial score (nSPS) is 28.1. The monoisotopic (exact) mass is 296 g/mol. The molecule has 0 bridgehead atoms. The molecule has 0 aromatic carbocycles. The van der Waals surface area contributed by atoms with Gasteiger partial charge in [-0.2, -0.15) is 0 Å². The van der Waals surface area contributed by atoms with Crippen LogP contribution in [-0.4, -0.2) is 73.5 Å². The van der Waals surface area contributed by atoms with E-state index in [0.717, 1.165) is 51.9 Å². The number of rotatable bonds is 4. The number of likely N-dealkylation sites (N-methyl/N-ethyl adjacent to an activating group) is 1. The molecule has 1 saturated heterocycles. The van der Waals surface area contributed by atoms with Gasteiger partial charge < -0.3 is 15.5 Å². The predicted octanol–water partition coefficient (Wildman–Crippen LogP) is -0.203. The first-order valence-electron chi connectivity index (χ1n) is 8.00. The maximum Gasteiger partial charge on any atom is 0.234 e. The minimum absolute atomic E-state index is 0.0394. The maximum atomic E-state index is 12.1. The Hall–Kier alpha value is -1.14. The van der Waals surface area contributed by atoms with Crippen LogP contribution in [0.1, 0.15) is 32.6 Å². The van der Waals surface area contributed by atoms with E-state index in [1.807, 2.05) is 0 Å². The fraction of sp³-hybridized carbons (Fsp3) is 0.867. The predicted molar refractivity (Wildman–Crippen MR) is 81.9 cm³/mol. The number of piperazine rings is 1. The second-order valence-corrected chi connectivity index (χ2v) is 6.40. The summed E-state index contributed by atoms with van der Waals surface area (Å²) >= 11 is 0. The van der Waals surface area contributed by atoms with Crippen LogP contribution < -0.4 is 10.6 Å². The Morgan fingerprint density at radius 2 is 1.48 bits per heavy atom. The molecule has 0 unspecified atom stereocenters. The molecule has 6 nitrogen and oxygen atoms in total. The highest BCUT2D eigenvalue weighted by Gasteiger charge is 2.24. The first kappa shape index (κ1) is 16.2. The van der Waals surface area contributed by atoms with E-state index in [4.69, 9.17) is 0 Å². The first-order chi connectivity index (χ1) is 10.0. The quantitative estimate of drug-likeness (QED) is 0.754. The van der Waals surface area contributed by atoms with Crippen molar-refractivity contribution in [1.29, 1.82) is 0 Å². The smallest absolute Gasteiger partial charge is 0.234 e. The second-order valence-electron chi connectivity index (χ2n) is 6.40. The third-order valence-electron chi connectivity index (χ3n) is 4.46. The van der Waals surface area contributed by atoms with E-state index >= 15 is 0 Å². The van der Waals surface area contributed by atoms with Crippen LogP contribution >= 0.6 is 0 Å². The van der Waals surface area contributed by atoms with Gasteiger partial charge in [0.15, 0.2) is 0 Å².